The van der Waals surface area contributed by atoms with Crippen molar-refractivity contribution >= 4 is 0 Å². The number of hydrogen-bond donors (Lipinski definition) is 0. The van der Waals surface area contributed by atoms with E-state index in [0.717, 1.165) is 5.92 Å². The maximum Gasteiger partial charge on any atom is -0.0443 e. The van der Waals surface area contributed by atoms with Crippen LogP contribution in [-0.4, -0.2) is 0 Å². The molecule has 1 fully saturated rings. The maximum absolute atomic E-state index is 3.36. The molecule has 1 rings (SSSR count). The average molecular weight is 188 g/mol. The highest BCUT2D eigenvalue weighted by Gasteiger charge is 2.12. The van der Waals surface area contributed by atoms with Crippen LogP contribution in [0.15, 0.2) is 12.7 Å². The fraction of sp³-hybridized carbons (Fsp3) is 0.846. The number of allylic oxidation sites excluding steroid dienone is 1. The van der Waals surface area contributed by atoms with Crippen LogP contribution in [0, 0.1) is 5.92 Å². The molecule has 0 unspecified atom stereocenters. The van der Waals surface area contributed by atoms with Crippen LogP contribution in [0.25, 0.3) is 0 Å². The SMILES string of the molecule is C=CC.CC.CC.CC.CC1CC1. The summed E-state index contributed by atoms with van der Waals surface area (Å²) in [5, 5.41) is 0. The molecule has 0 aromatic heterocycles. The zero-order chi connectivity index (χ0) is 11.7. The van der Waals surface area contributed by atoms with Crippen LogP contribution in [0.3, 0.4) is 0 Å². The van der Waals surface area contributed by atoms with Crippen LogP contribution in [0.4, 0.5) is 0 Å². The van der Waals surface area contributed by atoms with E-state index in [1.807, 2.05) is 48.5 Å². The first kappa shape index (κ1) is 23.0. The summed E-state index contributed by atoms with van der Waals surface area (Å²) >= 11 is 0. The van der Waals surface area contributed by atoms with Gasteiger partial charge in [0.1, 0.15) is 0 Å². The summed E-state index contributed by atoms with van der Waals surface area (Å²) in [5.74, 6) is 1.08. The molecule has 0 atom stereocenters. The third kappa shape index (κ3) is 148. The van der Waals surface area contributed by atoms with E-state index in [1.54, 1.807) is 6.08 Å². The lowest BCUT2D eigenvalue weighted by atomic mass is 10.5. The molecule has 0 nitrogen and oxygen atoms in total. The van der Waals surface area contributed by atoms with E-state index in [-0.39, 0.29) is 0 Å². The lowest BCUT2D eigenvalue weighted by Gasteiger charge is -1.53. The van der Waals surface area contributed by atoms with Crippen molar-refractivity contribution < 1.29 is 0 Å². The van der Waals surface area contributed by atoms with Gasteiger partial charge in [-0.05, 0) is 12.8 Å². The second-order valence-electron chi connectivity index (χ2n) is 2.09. The lowest BCUT2D eigenvalue weighted by molar-refractivity contribution is 0.983. The topological polar surface area (TPSA) is 0 Å². The lowest BCUT2D eigenvalue weighted by Crippen LogP contribution is -1.42. The first-order valence-corrected chi connectivity index (χ1v) is 5.88. The molecule has 1 aliphatic rings. The minimum Gasteiger partial charge on any atom is -0.103 e. The standard InChI is InChI=1S/C4H8.C3H6.3C2H6/c1-4-2-3-4;1-3-2;3*1-2/h4H,2-3H2,1H3;3H,1H2,2H3;3*1-2H3. The molecule has 0 heteroatoms. The predicted octanol–water partition coefficient (Wildman–Crippen LogP) is 5.69. The van der Waals surface area contributed by atoms with E-state index < -0.39 is 0 Å². The normalized spacial score (nSPS) is 10.5. The van der Waals surface area contributed by atoms with Crippen LogP contribution in [0.2, 0.25) is 0 Å². The largest absolute Gasteiger partial charge is 0.103 e. The molecule has 0 aliphatic heterocycles. The van der Waals surface area contributed by atoms with E-state index in [0.29, 0.717) is 0 Å². The van der Waals surface area contributed by atoms with Gasteiger partial charge in [0.15, 0.2) is 0 Å². The second-order valence-corrected chi connectivity index (χ2v) is 2.09. The summed E-state index contributed by atoms with van der Waals surface area (Å²) < 4.78 is 0. The molecule has 1 saturated carbocycles. The molecule has 0 aromatic rings. The third-order valence-electron chi connectivity index (χ3n) is 0.866. The Hall–Kier alpha value is -0.260. The number of hydrogen-bond acceptors (Lipinski definition) is 0. The molecule has 13 heavy (non-hydrogen) atoms. The minimum absolute atomic E-state index is 1.08. The highest BCUT2D eigenvalue weighted by atomic mass is 14.2. The van der Waals surface area contributed by atoms with E-state index in [4.69, 9.17) is 0 Å². The minimum atomic E-state index is 1.08. The van der Waals surface area contributed by atoms with Gasteiger partial charge in [-0.2, -0.15) is 0 Å². The Bertz CT molecular complexity index is 42.0. The van der Waals surface area contributed by atoms with Crippen LogP contribution in [0.1, 0.15) is 68.2 Å². The summed E-state index contributed by atoms with van der Waals surface area (Å²) in [5.41, 5.74) is 0. The molecule has 0 bridgehead atoms. The molecule has 0 N–H and O–H groups in total. The predicted molar refractivity (Wildman–Crippen MR) is 68.3 cm³/mol. The van der Waals surface area contributed by atoms with Crippen LogP contribution < -0.4 is 0 Å². The molecule has 0 radical (unpaired) electrons. The Morgan fingerprint density at radius 1 is 0.923 bits per heavy atom. The molecule has 0 heterocycles. The number of rotatable bonds is 0. The monoisotopic (exact) mass is 188 g/mol. The van der Waals surface area contributed by atoms with Crippen molar-refractivity contribution in [3.63, 3.8) is 0 Å². The third-order valence-corrected chi connectivity index (χ3v) is 0.866. The van der Waals surface area contributed by atoms with Crippen LogP contribution >= 0.6 is 0 Å². The van der Waals surface area contributed by atoms with E-state index >= 15 is 0 Å². The maximum atomic E-state index is 3.36. The zero-order valence-corrected chi connectivity index (χ0v) is 11.3. The molecular formula is C13H32. The second kappa shape index (κ2) is 41.1. The van der Waals surface area contributed by atoms with Gasteiger partial charge in [-0.25, -0.2) is 0 Å². The van der Waals surface area contributed by atoms with E-state index in [1.165, 1.54) is 12.8 Å². The van der Waals surface area contributed by atoms with Crippen molar-refractivity contribution in [3.8, 4) is 0 Å². The molecule has 0 aromatic carbocycles. The van der Waals surface area contributed by atoms with Gasteiger partial charge >= 0.3 is 0 Å². The fourth-order valence-electron chi connectivity index (χ4n) is 0.167. The molecular weight excluding hydrogens is 156 g/mol. The van der Waals surface area contributed by atoms with Crippen molar-refractivity contribution in [1.82, 2.24) is 0 Å². The van der Waals surface area contributed by atoms with Crippen molar-refractivity contribution in [1.29, 1.82) is 0 Å². The van der Waals surface area contributed by atoms with Crippen molar-refractivity contribution in [2.45, 2.75) is 68.2 Å². The van der Waals surface area contributed by atoms with E-state index in [9.17, 15) is 0 Å². The first-order chi connectivity index (χ1) is 6.31. The van der Waals surface area contributed by atoms with Crippen molar-refractivity contribution in [3.05, 3.63) is 12.7 Å². The zero-order valence-electron chi connectivity index (χ0n) is 11.3. The van der Waals surface area contributed by atoms with Crippen molar-refractivity contribution in [2.24, 2.45) is 5.92 Å². The van der Waals surface area contributed by atoms with Gasteiger partial charge in [0.25, 0.3) is 0 Å². The smallest absolute Gasteiger partial charge is 0.0443 e. The van der Waals surface area contributed by atoms with Gasteiger partial charge in [0.05, 0.1) is 0 Å². The van der Waals surface area contributed by atoms with Gasteiger partial charge in [-0.3, -0.25) is 0 Å². The van der Waals surface area contributed by atoms with Gasteiger partial charge in [0.2, 0.25) is 0 Å². The van der Waals surface area contributed by atoms with Crippen molar-refractivity contribution in [2.75, 3.05) is 0 Å². The molecule has 1 aliphatic carbocycles. The Kier molecular flexibility index (Phi) is 72.7. The quantitative estimate of drug-likeness (QED) is 0.429. The van der Waals surface area contributed by atoms with E-state index in [2.05, 4.69) is 13.5 Å². The average Bonchev–Trinajstić information content (AvgIpc) is 2.99. The highest BCUT2D eigenvalue weighted by molar-refractivity contribution is 4.65. The van der Waals surface area contributed by atoms with Gasteiger partial charge in [-0.15, -0.1) is 6.58 Å². The van der Waals surface area contributed by atoms with Gasteiger partial charge in [0, 0.05) is 0 Å². The Labute approximate surface area is 87.4 Å². The summed E-state index contributed by atoms with van der Waals surface area (Å²) in [4.78, 5) is 0. The summed E-state index contributed by atoms with van der Waals surface area (Å²) in [6.45, 7) is 19.5. The Morgan fingerprint density at radius 2 is 1.00 bits per heavy atom. The highest BCUT2D eigenvalue weighted by Crippen LogP contribution is 2.26. The summed E-state index contributed by atoms with van der Waals surface area (Å²) in [7, 11) is 0. The molecule has 0 amide bonds. The van der Waals surface area contributed by atoms with Crippen LogP contribution in [0.5, 0.6) is 0 Å². The molecule has 0 saturated heterocycles. The van der Waals surface area contributed by atoms with Gasteiger partial charge < -0.3 is 0 Å². The van der Waals surface area contributed by atoms with Gasteiger partial charge in [-0.1, -0.05) is 67.4 Å². The Morgan fingerprint density at radius 3 is 1.00 bits per heavy atom. The van der Waals surface area contributed by atoms with Crippen LogP contribution in [-0.2, 0) is 0 Å². The summed E-state index contributed by atoms with van der Waals surface area (Å²) in [6, 6.07) is 0. The fourth-order valence-corrected chi connectivity index (χ4v) is 0.167. The summed E-state index contributed by atoms with van der Waals surface area (Å²) in [6.07, 6.45) is 4.72. The first-order valence-electron chi connectivity index (χ1n) is 5.88. The molecule has 0 spiro atoms. The molecule has 84 valence electrons. The Balaban J connectivity index is -0.0000000413.